The molecule has 1 amide bonds. The molecule has 0 spiro atoms. The van der Waals surface area contributed by atoms with Crippen molar-refractivity contribution < 1.29 is 19.1 Å². The number of methoxy groups -OCH3 is 1. The van der Waals surface area contributed by atoms with E-state index in [1.165, 1.54) is 23.8 Å². The highest BCUT2D eigenvalue weighted by atomic mass is 32.2. The zero-order valence-corrected chi connectivity index (χ0v) is 17.5. The van der Waals surface area contributed by atoms with Crippen molar-refractivity contribution in [2.24, 2.45) is 5.92 Å². The molecule has 0 radical (unpaired) electrons. The summed E-state index contributed by atoms with van der Waals surface area (Å²) in [5.74, 6) is 1.03. The Balaban J connectivity index is 1.93. The molecule has 0 N–H and O–H groups in total. The second-order valence-electron chi connectivity index (χ2n) is 6.61. The molecule has 0 saturated carbocycles. The Morgan fingerprint density at radius 1 is 1.30 bits per heavy atom. The Morgan fingerprint density at radius 3 is 2.63 bits per heavy atom. The number of hydrogen-bond acceptors (Lipinski definition) is 6. The van der Waals surface area contributed by atoms with Crippen LogP contribution in [0.1, 0.15) is 38.7 Å². The maximum absolute atomic E-state index is 12.5. The third-order valence-corrected chi connectivity index (χ3v) is 5.38. The molecule has 1 fully saturated rings. The molecule has 1 aromatic carbocycles. The lowest BCUT2D eigenvalue weighted by atomic mass is 10.1. The van der Waals surface area contributed by atoms with E-state index < -0.39 is 0 Å². The zero-order valence-electron chi connectivity index (χ0n) is 15.9. The smallest absolute Gasteiger partial charge is 0.305 e. The van der Waals surface area contributed by atoms with Gasteiger partial charge < -0.3 is 9.47 Å². The molecule has 0 atom stereocenters. The van der Waals surface area contributed by atoms with Crippen molar-refractivity contribution in [2.75, 3.05) is 20.3 Å². The van der Waals surface area contributed by atoms with Gasteiger partial charge in [0.15, 0.2) is 0 Å². The monoisotopic (exact) mass is 407 g/mol. The summed E-state index contributed by atoms with van der Waals surface area (Å²) in [5, 5.41) is 0. The van der Waals surface area contributed by atoms with Crippen LogP contribution in [0.25, 0.3) is 6.08 Å². The Bertz CT molecular complexity index is 713. The van der Waals surface area contributed by atoms with Crippen molar-refractivity contribution in [2.45, 2.75) is 33.1 Å². The highest BCUT2D eigenvalue weighted by Crippen LogP contribution is 2.33. The number of hydrogen-bond donors (Lipinski definition) is 0. The molecule has 1 saturated heterocycles. The van der Waals surface area contributed by atoms with Gasteiger partial charge >= 0.3 is 5.97 Å². The van der Waals surface area contributed by atoms with Gasteiger partial charge in [-0.15, -0.1) is 0 Å². The lowest BCUT2D eigenvalue weighted by molar-refractivity contribution is -0.141. The van der Waals surface area contributed by atoms with Crippen LogP contribution in [0.15, 0.2) is 29.2 Å². The van der Waals surface area contributed by atoms with E-state index in [0.29, 0.717) is 34.7 Å². The summed E-state index contributed by atoms with van der Waals surface area (Å²) < 4.78 is 10.8. The first kappa shape index (κ1) is 21.4. The van der Waals surface area contributed by atoms with Gasteiger partial charge in [-0.3, -0.25) is 14.5 Å². The molecule has 0 aromatic heterocycles. The van der Waals surface area contributed by atoms with Crippen molar-refractivity contribution in [3.05, 3.63) is 34.7 Å². The van der Waals surface area contributed by atoms with Crippen molar-refractivity contribution in [3.8, 4) is 5.75 Å². The van der Waals surface area contributed by atoms with Gasteiger partial charge in [0.2, 0.25) is 0 Å². The maximum Gasteiger partial charge on any atom is 0.305 e. The predicted molar refractivity (Wildman–Crippen MR) is 113 cm³/mol. The SMILES string of the molecule is COC(=O)CCCN1C(=O)/C(=C\c2ccc(OCCC(C)C)cc2)SC1=S. The van der Waals surface area contributed by atoms with Crippen LogP contribution >= 0.6 is 24.0 Å². The van der Waals surface area contributed by atoms with Gasteiger partial charge in [0.05, 0.1) is 18.6 Å². The van der Waals surface area contributed by atoms with Gasteiger partial charge in [-0.1, -0.05) is 50.0 Å². The fourth-order valence-electron chi connectivity index (χ4n) is 2.40. The molecule has 1 aliphatic rings. The van der Waals surface area contributed by atoms with E-state index in [-0.39, 0.29) is 18.3 Å². The average Bonchev–Trinajstić information content (AvgIpc) is 2.90. The van der Waals surface area contributed by atoms with Crippen LogP contribution in [0.3, 0.4) is 0 Å². The molecule has 2 rings (SSSR count). The van der Waals surface area contributed by atoms with Crippen molar-refractivity contribution in [3.63, 3.8) is 0 Å². The molecule has 146 valence electrons. The first-order chi connectivity index (χ1) is 12.9. The largest absolute Gasteiger partial charge is 0.494 e. The molecule has 5 nitrogen and oxygen atoms in total. The van der Waals surface area contributed by atoms with Crippen LogP contribution in [0.4, 0.5) is 0 Å². The summed E-state index contributed by atoms with van der Waals surface area (Å²) in [6, 6.07) is 7.66. The summed E-state index contributed by atoms with van der Waals surface area (Å²) in [5.41, 5.74) is 0.918. The Kier molecular flexibility index (Phi) is 8.31. The highest BCUT2D eigenvalue weighted by molar-refractivity contribution is 8.26. The van der Waals surface area contributed by atoms with Gasteiger partial charge in [0, 0.05) is 13.0 Å². The number of thioether (sulfide) groups is 1. The van der Waals surface area contributed by atoms with Crippen LogP contribution in [0.5, 0.6) is 5.75 Å². The van der Waals surface area contributed by atoms with E-state index >= 15 is 0 Å². The summed E-state index contributed by atoms with van der Waals surface area (Å²) >= 11 is 6.58. The van der Waals surface area contributed by atoms with Gasteiger partial charge in [0.25, 0.3) is 5.91 Å². The van der Waals surface area contributed by atoms with E-state index in [2.05, 4.69) is 18.6 Å². The van der Waals surface area contributed by atoms with E-state index in [0.717, 1.165) is 17.7 Å². The van der Waals surface area contributed by atoms with Crippen LogP contribution in [-0.2, 0) is 14.3 Å². The minimum atomic E-state index is -0.285. The number of rotatable bonds is 9. The van der Waals surface area contributed by atoms with Crippen LogP contribution in [0.2, 0.25) is 0 Å². The van der Waals surface area contributed by atoms with Crippen LogP contribution < -0.4 is 4.74 Å². The molecule has 7 heteroatoms. The van der Waals surface area contributed by atoms with Gasteiger partial charge in [0.1, 0.15) is 10.1 Å². The third kappa shape index (κ3) is 6.66. The Hall–Kier alpha value is -1.86. The quantitative estimate of drug-likeness (QED) is 0.346. The van der Waals surface area contributed by atoms with Gasteiger partial charge in [-0.05, 0) is 42.5 Å². The van der Waals surface area contributed by atoms with E-state index in [1.807, 2.05) is 30.3 Å². The molecule has 27 heavy (non-hydrogen) atoms. The Labute approximate surface area is 170 Å². The molecular weight excluding hydrogens is 382 g/mol. The molecule has 1 heterocycles. The Morgan fingerprint density at radius 2 is 2.00 bits per heavy atom. The number of nitrogens with zero attached hydrogens (tertiary/aromatic N) is 1. The standard InChI is InChI=1S/C20H25NO4S2/c1-14(2)10-12-25-16-8-6-15(7-9-16)13-17-19(23)21(20(26)27-17)11-4-5-18(22)24-3/h6-9,13-14H,4-5,10-12H2,1-3H3/b17-13+. The summed E-state index contributed by atoms with van der Waals surface area (Å²) in [6.07, 6.45) is 3.64. The summed E-state index contributed by atoms with van der Waals surface area (Å²) in [4.78, 5) is 25.9. The molecule has 1 aliphatic heterocycles. The number of esters is 1. The molecule has 1 aromatic rings. The van der Waals surface area contributed by atoms with Gasteiger partial charge in [-0.25, -0.2) is 0 Å². The first-order valence-electron chi connectivity index (χ1n) is 8.95. The minimum Gasteiger partial charge on any atom is -0.494 e. The van der Waals surface area contributed by atoms with Crippen molar-refractivity contribution in [1.82, 2.24) is 4.90 Å². The highest BCUT2D eigenvalue weighted by Gasteiger charge is 2.31. The molecule has 0 aliphatic carbocycles. The lowest BCUT2D eigenvalue weighted by Gasteiger charge is -2.13. The molecule has 0 bridgehead atoms. The van der Waals surface area contributed by atoms with E-state index in [9.17, 15) is 9.59 Å². The summed E-state index contributed by atoms with van der Waals surface area (Å²) in [6.45, 7) is 5.44. The fraction of sp³-hybridized carbons (Fsp3) is 0.450. The average molecular weight is 408 g/mol. The first-order valence-corrected chi connectivity index (χ1v) is 10.2. The minimum absolute atomic E-state index is 0.118. The predicted octanol–water partition coefficient (Wildman–Crippen LogP) is 4.27. The number of carbonyl (C=O) groups is 2. The number of amides is 1. The number of carbonyl (C=O) groups excluding carboxylic acids is 2. The van der Waals surface area contributed by atoms with Crippen LogP contribution in [-0.4, -0.2) is 41.4 Å². The van der Waals surface area contributed by atoms with E-state index in [1.54, 1.807) is 0 Å². The normalized spacial score (nSPS) is 15.7. The number of benzene rings is 1. The van der Waals surface area contributed by atoms with E-state index in [4.69, 9.17) is 17.0 Å². The molecule has 0 unspecified atom stereocenters. The lowest BCUT2D eigenvalue weighted by Crippen LogP contribution is -2.29. The maximum atomic E-state index is 12.5. The summed E-state index contributed by atoms with van der Waals surface area (Å²) in [7, 11) is 1.35. The van der Waals surface area contributed by atoms with Crippen molar-refractivity contribution >= 4 is 46.3 Å². The fourth-order valence-corrected chi connectivity index (χ4v) is 3.71. The van der Waals surface area contributed by atoms with Crippen LogP contribution in [0, 0.1) is 5.92 Å². The van der Waals surface area contributed by atoms with Crippen molar-refractivity contribution in [1.29, 1.82) is 0 Å². The third-order valence-electron chi connectivity index (χ3n) is 4.01. The molecular formula is C20H25NO4S2. The number of thiocarbonyl (C=S) groups is 1. The van der Waals surface area contributed by atoms with Gasteiger partial charge in [-0.2, -0.15) is 0 Å². The number of ether oxygens (including phenoxy) is 2. The second-order valence-corrected chi connectivity index (χ2v) is 8.29. The second kappa shape index (κ2) is 10.5. The zero-order chi connectivity index (χ0) is 19.8. The topological polar surface area (TPSA) is 55.8 Å².